The van der Waals surface area contributed by atoms with E-state index in [1.54, 1.807) is 6.92 Å². The number of carbonyl (C=O) groups excluding carboxylic acids is 2. The summed E-state index contributed by atoms with van der Waals surface area (Å²) in [4.78, 5) is 24.6. The second-order valence-corrected chi connectivity index (χ2v) is 4.77. The number of amides is 2. The first-order valence-corrected chi connectivity index (χ1v) is 7.19. The van der Waals surface area contributed by atoms with Crippen LogP contribution in [0.4, 0.5) is 23.7 Å². The number of alkyl halides is 3. The Bertz CT molecular complexity index is 589. The van der Waals surface area contributed by atoms with E-state index < -0.39 is 29.3 Å². The Morgan fingerprint density at radius 3 is 2.12 bits per heavy atom. The molecular formula is C15H19F3N2O4. The Hall–Kier alpha value is -2.29. The number of rotatable bonds is 5. The zero-order valence-electron chi connectivity index (χ0n) is 13.5. The maximum atomic E-state index is 13.2. The van der Waals surface area contributed by atoms with Gasteiger partial charge >= 0.3 is 18.2 Å². The average Bonchev–Trinajstić information content (AvgIpc) is 2.54. The van der Waals surface area contributed by atoms with Crippen LogP contribution in [0.15, 0.2) is 24.3 Å². The van der Waals surface area contributed by atoms with Crippen LogP contribution in [0.25, 0.3) is 0 Å². The third kappa shape index (κ3) is 3.61. The van der Waals surface area contributed by atoms with E-state index in [4.69, 9.17) is 0 Å². The van der Waals surface area contributed by atoms with Crippen LogP contribution in [0, 0.1) is 0 Å². The maximum Gasteiger partial charge on any atom is 0.432 e. The number of urea groups is 1. The van der Waals surface area contributed by atoms with E-state index in [0.29, 0.717) is 5.69 Å². The lowest BCUT2D eigenvalue weighted by Gasteiger charge is -2.29. The summed E-state index contributed by atoms with van der Waals surface area (Å²) in [5.74, 6) is -1.80. The highest BCUT2D eigenvalue weighted by Crippen LogP contribution is 2.40. The Kier molecular flexibility index (Phi) is 6.19. The third-order valence-electron chi connectivity index (χ3n) is 3.35. The Labute approximate surface area is 137 Å². The predicted molar refractivity (Wildman–Crippen MR) is 80.5 cm³/mol. The number of hydrogen-bond acceptors (Lipinski definition) is 4. The molecule has 1 aromatic carbocycles. The van der Waals surface area contributed by atoms with E-state index in [1.807, 2.05) is 0 Å². The van der Waals surface area contributed by atoms with E-state index in [9.17, 15) is 27.9 Å². The van der Waals surface area contributed by atoms with E-state index in [2.05, 4.69) is 10.1 Å². The first-order chi connectivity index (χ1) is 11.1. The molecule has 0 heterocycles. The summed E-state index contributed by atoms with van der Waals surface area (Å²) in [5, 5.41) is 12.4. The van der Waals surface area contributed by atoms with Crippen LogP contribution in [0.3, 0.4) is 0 Å². The molecule has 0 aliphatic carbocycles. The Morgan fingerprint density at radius 2 is 1.75 bits per heavy atom. The number of nitrogens with zero attached hydrogens (tertiary/aromatic N) is 1. The number of carbonyl (C=O) groups is 2. The van der Waals surface area contributed by atoms with Crippen molar-refractivity contribution in [3.05, 3.63) is 29.8 Å². The van der Waals surface area contributed by atoms with Gasteiger partial charge in [-0.2, -0.15) is 13.2 Å². The number of anilines is 1. The molecule has 0 saturated heterocycles. The molecule has 2 amide bonds. The highest BCUT2D eigenvalue weighted by atomic mass is 19.4. The zero-order chi connectivity index (χ0) is 18.5. The van der Waals surface area contributed by atoms with Gasteiger partial charge < -0.3 is 15.2 Å². The molecule has 9 heteroatoms. The lowest BCUT2D eigenvalue weighted by atomic mass is 9.93. The van der Waals surface area contributed by atoms with Crippen molar-refractivity contribution in [2.75, 3.05) is 25.1 Å². The van der Waals surface area contributed by atoms with Gasteiger partial charge in [-0.1, -0.05) is 12.1 Å². The highest BCUT2D eigenvalue weighted by molar-refractivity contribution is 5.91. The second-order valence-electron chi connectivity index (χ2n) is 4.77. The van der Waals surface area contributed by atoms with E-state index in [-0.39, 0.29) is 13.2 Å². The molecule has 2 N–H and O–H groups in total. The molecule has 6 nitrogen and oxygen atoms in total. The second kappa shape index (κ2) is 7.52. The van der Waals surface area contributed by atoms with Crippen molar-refractivity contribution in [1.29, 1.82) is 0 Å². The molecule has 1 aromatic rings. The number of halogens is 3. The van der Waals surface area contributed by atoms with Gasteiger partial charge in [0.2, 0.25) is 0 Å². The topological polar surface area (TPSA) is 78.9 Å². The minimum absolute atomic E-state index is 0.278. The summed E-state index contributed by atoms with van der Waals surface area (Å²) in [6.45, 7) is 2.99. The van der Waals surface area contributed by atoms with Gasteiger partial charge in [-0.3, -0.25) is 4.90 Å². The number of benzene rings is 1. The van der Waals surface area contributed by atoms with Crippen LogP contribution in [0.5, 0.6) is 0 Å². The van der Waals surface area contributed by atoms with Crippen molar-refractivity contribution in [3.63, 3.8) is 0 Å². The summed E-state index contributed by atoms with van der Waals surface area (Å²) < 4.78 is 44.1. The highest BCUT2D eigenvalue weighted by Gasteiger charge is 2.62. The standard InChI is InChI=1S/C15H19F3N2O4/c1-4-20(13(22)19-3)11-8-6-10(7-9-11)14(23,15(16,17)18)12(21)24-5-2/h6-9,23H,4-5H2,1-3H3,(H,19,22)/t14-/m1/s1. The van der Waals surface area contributed by atoms with Crippen molar-refractivity contribution in [2.45, 2.75) is 25.6 Å². The fraction of sp³-hybridized carbons (Fsp3) is 0.467. The quantitative estimate of drug-likeness (QED) is 0.800. The van der Waals surface area contributed by atoms with Gasteiger partial charge in [0.05, 0.1) is 6.61 Å². The fourth-order valence-electron chi connectivity index (χ4n) is 2.09. The van der Waals surface area contributed by atoms with Gasteiger partial charge in [0.25, 0.3) is 5.60 Å². The molecule has 1 rings (SSSR count). The van der Waals surface area contributed by atoms with Gasteiger partial charge in [-0.25, -0.2) is 9.59 Å². The molecule has 1 atom stereocenters. The molecule has 0 aromatic heterocycles. The minimum Gasteiger partial charge on any atom is -0.463 e. The molecule has 0 aliphatic rings. The molecule has 0 fully saturated rings. The van der Waals surface area contributed by atoms with Crippen molar-refractivity contribution in [1.82, 2.24) is 5.32 Å². The summed E-state index contributed by atoms with van der Waals surface area (Å²) in [5.41, 5.74) is -4.15. The maximum absolute atomic E-state index is 13.2. The molecule has 0 radical (unpaired) electrons. The first kappa shape index (κ1) is 19.8. The molecule has 134 valence electrons. The summed E-state index contributed by atoms with van der Waals surface area (Å²) in [7, 11) is 1.42. The number of ether oxygens (including phenoxy) is 1. The molecule has 0 saturated carbocycles. The van der Waals surface area contributed by atoms with Gasteiger partial charge in [-0.15, -0.1) is 0 Å². The van der Waals surface area contributed by atoms with Crippen LogP contribution >= 0.6 is 0 Å². The molecule has 0 bridgehead atoms. The van der Waals surface area contributed by atoms with Crippen molar-refractivity contribution >= 4 is 17.7 Å². The SMILES string of the molecule is CCOC(=O)[C@](O)(c1ccc(N(CC)C(=O)NC)cc1)C(F)(F)F. The summed E-state index contributed by atoms with van der Waals surface area (Å²) >= 11 is 0. The van der Waals surface area contributed by atoms with Crippen LogP contribution in [0.1, 0.15) is 19.4 Å². The van der Waals surface area contributed by atoms with Gasteiger partial charge in [0, 0.05) is 24.8 Å². The molecule has 0 unspecified atom stereocenters. The Morgan fingerprint density at radius 1 is 1.21 bits per heavy atom. The molecule has 24 heavy (non-hydrogen) atoms. The first-order valence-electron chi connectivity index (χ1n) is 7.19. The fourth-order valence-corrected chi connectivity index (χ4v) is 2.09. The van der Waals surface area contributed by atoms with Crippen molar-refractivity contribution in [3.8, 4) is 0 Å². The van der Waals surface area contributed by atoms with E-state index in [1.165, 1.54) is 31.0 Å². The predicted octanol–water partition coefficient (Wildman–Crippen LogP) is 2.17. The number of hydrogen-bond donors (Lipinski definition) is 2. The minimum atomic E-state index is -5.26. The molecule has 0 aliphatic heterocycles. The van der Waals surface area contributed by atoms with Gasteiger partial charge in [0.15, 0.2) is 0 Å². The zero-order valence-corrected chi connectivity index (χ0v) is 13.5. The van der Waals surface area contributed by atoms with E-state index in [0.717, 1.165) is 12.1 Å². The largest absolute Gasteiger partial charge is 0.463 e. The van der Waals surface area contributed by atoms with Crippen molar-refractivity contribution in [2.24, 2.45) is 0 Å². The van der Waals surface area contributed by atoms with Gasteiger partial charge in [0.1, 0.15) is 0 Å². The third-order valence-corrected chi connectivity index (χ3v) is 3.35. The number of aliphatic hydroxyl groups is 1. The van der Waals surface area contributed by atoms with Crippen LogP contribution in [-0.2, 0) is 15.1 Å². The normalized spacial score (nSPS) is 13.8. The van der Waals surface area contributed by atoms with Crippen LogP contribution in [0.2, 0.25) is 0 Å². The number of esters is 1. The van der Waals surface area contributed by atoms with Crippen LogP contribution < -0.4 is 10.2 Å². The van der Waals surface area contributed by atoms with Gasteiger partial charge in [-0.05, 0) is 26.0 Å². The Balaban J connectivity index is 3.29. The summed E-state index contributed by atoms with van der Waals surface area (Å²) in [6, 6.07) is 3.85. The average molecular weight is 348 g/mol. The lowest BCUT2D eigenvalue weighted by molar-refractivity contribution is -0.267. The summed E-state index contributed by atoms with van der Waals surface area (Å²) in [6.07, 6.45) is -5.26. The molecular weight excluding hydrogens is 329 g/mol. The monoisotopic (exact) mass is 348 g/mol. The number of nitrogens with one attached hydrogen (secondary N) is 1. The molecule has 0 spiro atoms. The smallest absolute Gasteiger partial charge is 0.432 e. The van der Waals surface area contributed by atoms with Crippen LogP contribution in [-0.4, -0.2) is 43.5 Å². The van der Waals surface area contributed by atoms with Crippen molar-refractivity contribution < 1.29 is 32.6 Å². The lowest BCUT2D eigenvalue weighted by Crippen LogP contribution is -2.50. The van der Waals surface area contributed by atoms with E-state index >= 15 is 0 Å².